The van der Waals surface area contributed by atoms with Crippen molar-refractivity contribution < 1.29 is 22.8 Å². The van der Waals surface area contributed by atoms with Crippen molar-refractivity contribution in [2.45, 2.75) is 19.0 Å². The van der Waals surface area contributed by atoms with Gasteiger partial charge in [0.2, 0.25) is 5.91 Å². The van der Waals surface area contributed by atoms with E-state index in [1.54, 1.807) is 12.1 Å². The molecule has 3 amide bonds. The highest BCUT2D eigenvalue weighted by atomic mass is 32.2. The van der Waals surface area contributed by atoms with E-state index >= 15 is 0 Å². The lowest BCUT2D eigenvalue weighted by atomic mass is 10.1. The molecular weight excluding hydrogens is 380 g/mol. The minimum Gasteiger partial charge on any atom is -0.350 e. The maximum Gasteiger partial charge on any atom is 0.262 e. The number of rotatable bonds is 7. The molecule has 0 radical (unpaired) electrons. The van der Waals surface area contributed by atoms with E-state index in [9.17, 15) is 22.8 Å². The van der Waals surface area contributed by atoms with Crippen molar-refractivity contribution in [2.24, 2.45) is 0 Å². The van der Waals surface area contributed by atoms with Gasteiger partial charge in [0.1, 0.15) is 15.9 Å². The largest absolute Gasteiger partial charge is 0.350 e. The summed E-state index contributed by atoms with van der Waals surface area (Å²) >= 11 is 0. The van der Waals surface area contributed by atoms with Gasteiger partial charge >= 0.3 is 0 Å². The Morgan fingerprint density at radius 3 is 2.04 bits per heavy atom. The second-order valence-corrected chi connectivity index (χ2v) is 8.92. The van der Waals surface area contributed by atoms with E-state index in [1.165, 1.54) is 12.1 Å². The average Bonchev–Trinajstić information content (AvgIpc) is 2.92. The third-order valence-corrected chi connectivity index (χ3v) is 5.49. The van der Waals surface area contributed by atoms with Gasteiger partial charge in [-0.1, -0.05) is 42.5 Å². The van der Waals surface area contributed by atoms with Crippen molar-refractivity contribution in [1.29, 1.82) is 0 Å². The van der Waals surface area contributed by atoms with Crippen molar-refractivity contribution in [2.75, 3.05) is 12.0 Å². The van der Waals surface area contributed by atoms with E-state index in [4.69, 9.17) is 0 Å². The second kappa shape index (κ2) is 7.93. The molecule has 0 bridgehead atoms. The number of fused-ring (bicyclic) bond motifs is 1. The SMILES string of the molecule is CS(=O)(=O)CC[C@@H](C(=O)NCc1ccccc1)N1C(=O)c2ccccc2C1=O. The quantitative estimate of drug-likeness (QED) is 0.708. The molecule has 2 aromatic rings. The van der Waals surface area contributed by atoms with Crippen LogP contribution in [0.3, 0.4) is 0 Å². The number of imide groups is 1. The van der Waals surface area contributed by atoms with Gasteiger partial charge in [-0.25, -0.2) is 8.42 Å². The number of carbonyl (C=O) groups excluding carboxylic acids is 3. The highest BCUT2D eigenvalue weighted by molar-refractivity contribution is 7.90. The highest BCUT2D eigenvalue weighted by Crippen LogP contribution is 2.26. The van der Waals surface area contributed by atoms with Gasteiger partial charge in [-0.2, -0.15) is 0 Å². The molecule has 0 saturated heterocycles. The van der Waals surface area contributed by atoms with Crippen LogP contribution in [0.1, 0.15) is 32.7 Å². The first kappa shape index (κ1) is 19.8. The highest BCUT2D eigenvalue weighted by Gasteiger charge is 2.42. The fourth-order valence-electron chi connectivity index (χ4n) is 3.10. The first-order chi connectivity index (χ1) is 13.3. The lowest BCUT2D eigenvalue weighted by molar-refractivity contribution is -0.125. The van der Waals surface area contributed by atoms with Gasteiger partial charge < -0.3 is 5.32 Å². The molecule has 28 heavy (non-hydrogen) atoms. The number of carbonyl (C=O) groups is 3. The fourth-order valence-corrected chi connectivity index (χ4v) is 3.75. The zero-order valence-corrected chi connectivity index (χ0v) is 16.1. The molecule has 1 atom stereocenters. The van der Waals surface area contributed by atoms with Crippen LogP contribution in [0.4, 0.5) is 0 Å². The standard InChI is InChI=1S/C20H20N2O5S/c1-28(26,27)12-11-17(18(23)21-13-14-7-3-2-4-8-14)22-19(24)15-9-5-6-10-16(15)20(22)25/h2-10,17H,11-13H2,1H3,(H,21,23)/t17-/m0/s1. The van der Waals surface area contributed by atoms with Gasteiger partial charge in [-0.15, -0.1) is 0 Å². The molecule has 146 valence electrons. The van der Waals surface area contributed by atoms with E-state index in [2.05, 4.69) is 5.32 Å². The van der Waals surface area contributed by atoms with Gasteiger partial charge in [0.05, 0.1) is 16.9 Å². The molecule has 0 aromatic heterocycles. The molecule has 0 fully saturated rings. The van der Waals surface area contributed by atoms with Crippen molar-refractivity contribution in [3.63, 3.8) is 0 Å². The van der Waals surface area contributed by atoms with Gasteiger partial charge in [0.25, 0.3) is 11.8 Å². The fraction of sp³-hybridized carbons (Fsp3) is 0.250. The van der Waals surface area contributed by atoms with E-state index in [0.717, 1.165) is 16.7 Å². The lowest BCUT2D eigenvalue weighted by Gasteiger charge is -2.25. The Morgan fingerprint density at radius 1 is 0.964 bits per heavy atom. The van der Waals surface area contributed by atoms with Crippen molar-refractivity contribution in [3.05, 3.63) is 71.3 Å². The van der Waals surface area contributed by atoms with Crippen LogP contribution in [0.2, 0.25) is 0 Å². The minimum absolute atomic E-state index is 0.162. The number of hydrogen-bond donors (Lipinski definition) is 1. The molecule has 1 N–H and O–H groups in total. The molecule has 0 spiro atoms. The van der Waals surface area contributed by atoms with E-state index in [-0.39, 0.29) is 29.8 Å². The molecule has 1 heterocycles. The zero-order valence-electron chi connectivity index (χ0n) is 15.3. The summed E-state index contributed by atoms with van der Waals surface area (Å²) in [7, 11) is -3.38. The Labute approximate surface area is 163 Å². The Kier molecular flexibility index (Phi) is 5.60. The van der Waals surface area contributed by atoms with Crippen molar-refractivity contribution in [3.8, 4) is 0 Å². The summed E-state index contributed by atoms with van der Waals surface area (Å²) in [5, 5.41) is 2.70. The molecule has 8 heteroatoms. The molecule has 0 aliphatic carbocycles. The zero-order chi connectivity index (χ0) is 20.3. The van der Waals surface area contributed by atoms with Crippen LogP contribution in [-0.4, -0.2) is 49.1 Å². The van der Waals surface area contributed by atoms with Crippen molar-refractivity contribution in [1.82, 2.24) is 10.2 Å². The number of amides is 3. The summed E-state index contributed by atoms with van der Waals surface area (Å²) in [6.45, 7) is 0.207. The Morgan fingerprint density at radius 2 is 1.50 bits per heavy atom. The molecule has 3 rings (SSSR count). The van der Waals surface area contributed by atoms with E-state index in [1.807, 2.05) is 30.3 Å². The van der Waals surface area contributed by atoms with Gasteiger partial charge in [0, 0.05) is 12.8 Å². The molecule has 0 saturated carbocycles. The monoisotopic (exact) mass is 400 g/mol. The van der Waals surface area contributed by atoms with Crippen LogP contribution in [0.15, 0.2) is 54.6 Å². The smallest absolute Gasteiger partial charge is 0.262 e. The topological polar surface area (TPSA) is 101 Å². The Hall–Kier alpha value is -3.00. The maximum atomic E-state index is 12.8. The predicted octanol–water partition coefficient (Wildman–Crippen LogP) is 1.40. The van der Waals surface area contributed by atoms with Crippen molar-refractivity contribution >= 4 is 27.6 Å². The third-order valence-electron chi connectivity index (χ3n) is 4.51. The number of benzene rings is 2. The van der Waals surface area contributed by atoms with E-state index in [0.29, 0.717) is 0 Å². The number of nitrogens with zero attached hydrogens (tertiary/aromatic N) is 1. The second-order valence-electron chi connectivity index (χ2n) is 6.66. The third kappa shape index (κ3) is 4.28. The van der Waals surface area contributed by atoms with Crippen LogP contribution in [0, 0.1) is 0 Å². The average molecular weight is 400 g/mol. The molecule has 0 unspecified atom stereocenters. The molecule has 1 aliphatic heterocycles. The number of hydrogen-bond acceptors (Lipinski definition) is 5. The molecule has 1 aliphatic rings. The van der Waals surface area contributed by atoms with Gasteiger partial charge in [-0.05, 0) is 24.1 Å². The summed E-state index contributed by atoms with van der Waals surface area (Å²) in [4.78, 5) is 39.1. The van der Waals surface area contributed by atoms with Gasteiger partial charge in [0.15, 0.2) is 0 Å². The first-order valence-electron chi connectivity index (χ1n) is 8.74. The normalized spacial score (nSPS) is 14.7. The predicted molar refractivity (Wildman–Crippen MR) is 103 cm³/mol. The molecule has 2 aromatic carbocycles. The lowest BCUT2D eigenvalue weighted by Crippen LogP contribution is -2.50. The van der Waals surface area contributed by atoms with Crippen LogP contribution < -0.4 is 5.32 Å². The Bertz CT molecular complexity index is 983. The minimum atomic E-state index is -3.38. The van der Waals surface area contributed by atoms with Crippen LogP contribution >= 0.6 is 0 Å². The maximum absolute atomic E-state index is 12.8. The van der Waals surface area contributed by atoms with Crippen LogP contribution in [0.25, 0.3) is 0 Å². The molecule has 7 nitrogen and oxygen atoms in total. The Balaban J connectivity index is 1.84. The van der Waals surface area contributed by atoms with Gasteiger partial charge in [-0.3, -0.25) is 19.3 Å². The number of sulfone groups is 1. The van der Waals surface area contributed by atoms with Crippen LogP contribution in [-0.2, 0) is 21.2 Å². The summed E-state index contributed by atoms with van der Waals surface area (Å²) in [6, 6.07) is 14.3. The summed E-state index contributed by atoms with van der Waals surface area (Å²) in [5.41, 5.74) is 1.28. The summed E-state index contributed by atoms with van der Waals surface area (Å²) in [5.74, 6) is -2.06. The first-order valence-corrected chi connectivity index (χ1v) is 10.8. The number of nitrogens with one attached hydrogen (secondary N) is 1. The molecular formula is C20H20N2O5S. The van der Waals surface area contributed by atoms with E-state index < -0.39 is 33.6 Å². The summed E-state index contributed by atoms with van der Waals surface area (Å²) < 4.78 is 23.2. The van der Waals surface area contributed by atoms with Crippen LogP contribution in [0.5, 0.6) is 0 Å². The summed E-state index contributed by atoms with van der Waals surface area (Å²) in [6.07, 6.45) is 0.888.